The van der Waals surface area contributed by atoms with Crippen molar-refractivity contribution in [1.82, 2.24) is 14.8 Å². The van der Waals surface area contributed by atoms with Gasteiger partial charge >= 0.3 is 12.1 Å². The molecule has 10 heteroatoms. The summed E-state index contributed by atoms with van der Waals surface area (Å²) < 4.78 is 46.1. The lowest BCUT2D eigenvalue weighted by Crippen LogP contribution is -2.12. The van der Waals surface area contributed by atoms with Gasteiger partial charge in [0.15, 0.2) is 5.82 Å². The number of carbonyl (C=O) groups is 1. The Kier molecular flexibility index (Phi) is 5.04. The zero-order chi connectivity index (χ0) is 19.6. The summed E-state index contributed by atoms with van der Waals surface area (Å²) in [5.74, 6) is -0.889. The smallest absolute Gasteiger partial charge is 0.416 e. The number of benzene rings is 1. The van der Waals surface area contributed by atoms with Gasteiger partial charge in [0.25, 0.3) is 0 Å². The Labute approximate surface area is 155 Å². The van der Waals surface area contributed by atoms with E-state index in [0.29, 0.717) is 0 Å². The molecule has 2 heterocycles. The van der Waals surface area contributed by atoms with Crippen LogP contribution >= 0.6 is 11.6 Å². The molecular weight excluding hydrogens is 387 g/mol. The van der Waals surface area contributed by atoms with Crippen LogP contribution in [-0.4, -0.2) is 25.8 Å². The van der Waals surface area contributed by atoms with E-state index in [9.17, 15) is 18.0 Å². The molecule has 0 aliphatic rings. The average Bonchev–Trinajstić information content (AvgIpc) is 3.08. The van der Waals surface area contributed by atoms with Crippen molar-refractivity contribution in [2.45, 2.75) is 12.8 Å². The minimum absolute atomic E-state index is 0.0153. The number of ether oxygens (including phenoxy) is 1. The van der Waals surface area contributed by atoms with Crippen molar-refractivity contribution >= 4 is 17.6 Å². The molecule has 0 bridgehead atoms. The molecule has 0 spiro atoms. The number of aromatic nitrogens is 3. The fraction of sp³-hybridized carbons (Fsp3) is 0.118. The average molecular weight is 398 g/mol. The molecule has 1 aromatic carbocycles. The van der Waals surface area contributed by atoms with E-state index in [4.69, 9.17) is 21.4 Å². The molecule has 1 N–H and O–H groups in total. The molecule has 3 rings (SSSR count). The highest BCUT2D eigenvalue weighted by atomic mass is 35.5. The van der Waals surface area contributed by atoms with Gasteiger partial charge in [-0.05, 0) is 24.3 Å². The van der Waals surface area contributed by atoms with Gasteiger partial charge in [0.1, 0.15) is 6.61 Å². The normalized spacial score (nSPS) is 11.4. The summed E-state index contributed by atoms with van der Waals surface area (Å²) in [6.45, 7) is -0.393. The number of hydrogen-bond acceptors (Lipinski definition) is 4. The standard InChI is InChI=1S/C17H11ClF3N3O3/c18-12-2-1-11(13(8-12)17(19,20)21)9-27-15-4-6-23-24(15)14-7-10(16(25)26)3-5-22-14/h1-8H,9H2,(H,25,26). The number of aromatic carboxylic acids is 1. The highest BCUT2D eigenvalue weighted by molar-refractivity contribution is 6.30. The Balaban J connectivity index is 1.87. The van der Waals surface area contributed by atoms with Crippen molar-refractivity contribution in [3.63, 3.8) is 0 Å². The van der Waals surface area contributed by atoms with Gasteiger partial charge in [0.2, 0.25) is 5.88 Å². The Hall–Kier alpha value is -3.07. The number of hydrogen-bond donors (Lipinski definition) is 1. The van der Waals surface area contributed by atoms with Crippen molar-refractivity contribution in [2.24, 2.45) is 0 Å². The fourth-order valence-electron chi connectivity index (χ4n) is 2.33. The van der Waals surface area contributed by atoms with E-state index in [-0.39, 0.29) is 27.8 Å². The minimum Gasteiger partial charge on any atom is -0.478 e. The number of alkyl halides is 3. The summed E-state index contributed by atoms with van der Waals surface area (Å²) in [5.41, 5.74) is -1.02. The molecule has 0 saturated carbocycles. The first kappa shape index (κ1) is 18.7. The number of nitrogens with zero attached hydrogens (tertiary/aromatic N) is 3. The number of carboxylic acid groups (broad SMARTS) is 1. The third-order valence-electron chi connectivity index (χ3n) is 3.57. The van der Waals surface area contributed by atoms with Crippen LogP contribution < -0.4 is 4.74 Å². The zero-order valence-electron chi connectivity index (χ0n) is 13.4. The van der Waals surface area contributed by atoms with Gasteiger partial charge in [-0.15, -0.1) is 0 Å². The van der Waals surface area contributed by atoms with Crippen LogP contribution in [0.3, 0.4) is 0 Å². The number of carboxylic acids is 1. The second kappa shape index (κ2) is 7.28. The maximum atomic E-state index is 13.2. The zero-order valence-corrected chi connectivity index (χ0v) is 14.2. The van der Waals surface area contributed by atoms with Crippen LogP contribution in [0.25, 0.3) is 5.82 Å². The fourth-order valence-corrected chi connectivity index (χ4v) is 2.50. The second-order valence-electron chi connectivity index (χ2n) is 5.38. The van der Waals surface area contributed by atoms with Crippen LogP contribution in [0.4, 0.5) is 13.2 Å². The van der Waals surface area contributed by atoms with Crippen LogP contribution in [0, 0.1) is 0 Å². The van der Waals surface area contributed by atoms with E-state index in [1.807, 2.05) is 0 Å². The third kappa shape index (κ3) is 4.20. The lowest BCUT2D eigenvalue weighted by Gasteiger charge is -2.14. The van der Waals surface area contributed by atoms with E-state index in [0.717, 1.165) is 6.07 Å². The predicted octanol–water partition coefficient (Wildman–Crippen LogP) is 4.22. The molecule has 0 fully saturated rings. The largest absolute Gasteiger partial charge is 0.478 e. The summed E-state index contributed by atoms with van der Waals surface area (Å²) >= 11 is 5.66. The molecule has 0 amide bonds. The maximum absolute atomic E-state index is 13.2. The first-order valence-electron chi connectivity index (χ1n) is 7.48. The van der Waals surface area contributed by atoms with Crippen molar-refractivity contribution in [3.05, 3.63) is 70.5 Å². The summed E-state index contributed by atoms with van der Waals surface area (Å²) in [6.07, 6.45) is -1.94. The number of halogens is 4. The number of rotatable bonds is 5. The lowest BCUT2D eigenvalue weighted by atomic mass is 10.1. The number of pyridine rings is 1. The molecule has 6 nitrogen and oxygen atoms in total. The highest BCUT2D eigenvalue weighted by Crippen LogP contribution is 2.34. The SMILES string of the molecule is O=C(O)c1ccnc(-n2nccc2OCc2ccc(Cl)cc2C(F)(F)F)c1. The molecule has 27 heavy (non-hydrogen) atoms. The topological polar surface area (TPSA) is 77.2 Å². The van der Waals surface area contributed by atoms with Crippen LogP contribution in [0.5, 0.6) is 5.88 Å². The van der Waals surface area contributed by atoms with E-state index >= 15 is 0 Å². The van der Waals surface area contributed by atoms with Gasteiger partial charge in [-0.2, -0.15) is 23.0 Å². The molecule has 0 aliphatic carbocycles. The van der Waals surface area contributed by atoms with Gasteiger partial charge in [0, 0.05) is 22.8 Å². The van der Waals surface area contributed by atoms with Gasteiger partial charge in [-0.3, -0.25) is 0 Å². The van der Waals surface area contributed by atoms with Gasteiger partial charge < -0.3 is 9.84 Å². The molecule has 3 aromatic rings. The van der Waals surface area contributed by atoms with Crippen LogP contribution in [0.1, 0.15) is 21.5 Å². The molecule has 0 radical (unpaired) electrons. The molecular formula is C17H11ClF3N3O3. The maximum Gasteiger partial charge on any atom is 0.416 e. The Morgan fingerprint density at radius 2 is 1.96 bits per heavy atom. The summed E-state index contributed by atoms with van der Waals surface area (Å²) in [5, 5.41) is 13.0. The van der Waals surface area contributed by atoms with Crippen molar-refractivity contribution in [1.29, 1.82) is 0 Å². The monoisotopic (exact) mass is 397 g/mol. The van der Waals surface area contributed by atoms with Gasteiger partial charge in [-0.1, -0.05) is 17.7 Å². The lowest BCUT2D eigenvalue weighted by molar-refractivity contribution is -0.138. The molecule has 0 saturated heterocycles. The van der Waals surface area contributed by atoms with Crippen LogP contribution in [0.2, 0.25) is 5.02 Å². The Morgan fingerprint density at radius 3 is 2.67 bits per heavy atom. The predicted molar refractivity (Wildman–Crippen MR) is 89.1 cm³/mol. The summed E-state index contributed by atoms with van der Waals surface area (Å²) in [4.78, 5) is 15.1. The van der Waals surface area contributed by atoms with E-state index in [1.165, 1.54) is 47.4 Å². The van der Waals surface area contributed by atoms with Crippen molar-refractivity contribution in [2.75, 3.05) is 0 Å². The van der Waals surface area contributed by atoms with E-state index in [1.54, 1.807) is 0 Å². The first-order valence-corrected chi connectivity index (χ1v) is 7.85. The first-order chi connectivity index (χ1) is 12.8. The summed E-state index contributed by atoms with van der Waals surface area (Å²) in [7, 11) is 0. The van der Waals surface area contributed by atoms with E-state index in [2.05, 4.69) is 10.1 Å². The third-order valence-corrected chi connectivity index (χ3v) is 3.81. The van der Waals surface area contributed by atoms with E-state index < -0.39 is 24.3 Å². The minimum atomic E-state index is -4.58. The van der Waals surface area contributed by atoms with Gasteiger partial charge in [-0.25, -0.2) is 9.78 Å². The Bertz CT molecular complexity index is 989. The molecule has 0 atom stereocenters. The molecule has 2 aromatic heterocycles. The van der Waals surface area contributed by atoms with Crippen molar-refractivity contribution in [3.8, 4) is 11.7 Å². The summed E-state index contributed by atoms with van der Waals surface area (Å²) in [6, 6.07) is 7.40. The van der Waals surface area contributed by atoms with Crippen LogP contribution in [0.15, 0.2) is 48.8 Å². The van der Waals surface area contributed by atoms with Crippen molar-refractivity contribution < 1.29 is 27.8 Å². The molecule has 0 unspecified atom stereocenters. The highest BCUT2D eigenvalue weighted by Gasteiger charge is 2.33. The van der Waals surface area contributed by atoms with Gasteiger partial charge in [0.05, 0.1) is 17.3 Å². The Morgan fingerprint density at radius 1 is 1.19 bits per heavy atom. The van der Waals surface area contributed by atoms with Crippen LogP contribution in [-0.2, 0) is 12.8 Å². The second-order valence-corrected chi connectivity index (χ2v) is 5.81. The quantitative estimate of drug-likeness (QED) is 0.697. The molecule has 0 aliphatic heterocycles. The molecule has 140 valence electrons.